The van der Waals surface area contributed by atoms with Gasteiger partial charge in [0.05, 0.1) is 11.6 Å². The topological polar surface area (TPSA) is 59.0 Å². The predicted molar refractivity (Wildman–Crippen MR) is 103 cm³/mol. The van der Waals surface area contributed by atoms with Gasteiger partial charge in [0.25, 0.3) is 0 Å². The van der Waals surface area contributed by atoms with Crippen LogP contribution in [0.3, 0.4) is 0 Å². The van der Waals surface area contributed by atoms with Crippen LogP contribution in [0.2, 0.25) is 0 Å². The zero-order chi connectivity index (χ0) is 19.7. The molecule has 0 N–H and O–H groups in total. The molecule has 0 unspecified atom stereocenters. The smallest absolute Gasteiger partial charge is 0.190 e. The summed E-state index contributed by atoms with van der Waals surface area (Å²) in [6, 6.07) is 10.3. The number of aromatic nitrogens is 1. The highest BCUT2D eigenvalue weighted by Gasteiger charge is 2.60. The first-order chi connectivity index (χ1) is 13.2. The first kappa shape index (κ1) is 18.5. The second-order valence-corrected chi connectivity index (χ2v) is 8.85. The molecule has 0 radical (unpaired) electrons. The molecule has 6 heteroatoms. The Morgan fingerprint density at radius 2 is 1.57 bits per heavy atom. The number of nitrogens with zero attached hydrogens (tertiary/aromatic N) is 1. The molecular weight excluding hydrogens is 358 g/mol. The molecule has 0 spiro atoms. The van der Waals surface area contributed by atoms with E-state index in [1.165, 1.54) is 5.56 Å². The number of pyridine rings is 1. The molecule has 0 bridgehead atoms. The first-order valence-electron chi connectivity index (χ1n) is 9.93. The molecule has 0 saturated carbocycles. The average molecular weight is 385 g/mol. The number of hydrogen-bond donors (Lipinski definition) is 0. The van der Waals surface area contributed by atoms with Gasteiger partial charge in [0.1, 0.15) is 18.3 Å². The normalized spacial score (nSPS) is 35.7. The Morgan fingerprint density at radius 3 is 2.39 bits per heavy atom. The van der Waals surface area contributed by atoms with Crippen LogP contribution in [0.4, 0.5) is 0 Å². The lowest BCUT2D eigenvalue weighted by atomic mass is 9.93. The van der Waals surface area contributed by atoms with Crippen molar-refractivity contribution in [1.29, 1.82) is 0 Å². The van der Waals surface area contributed by atoms with E-state index < -0.39 is 17.9 Å². The van der Waals surface area contributed by atoms with Crippen molar-refractivity contribution in [3.8, 4) is 0 Å². The molecule has 0 aliphatic carbocycles. The molecule has 1 aromatic carbocycles. The van der Waals surface area contributed by atoms with E-state index in [1.54, 1.807) is 0 Å². The molecule has 3 fully saturated rings. The van der Waals surface area contributed by atoms with Crippen LogP contribution in [0.15, 0.2) is 30.3 Å². The maximum absolute atomic E-state index is 6.37. The standard InChI is InChI=1S/C22H27NO5/c1-12-10-13(14-8-6-7-9-15(14)23-12)11-16-17-18(26-21(2,3)25-17)19-20(24-16)28-22(4,5)27-19/h6-10,16-20H,11H2,1-5H3/t16-,17-,18+,19-,20+/m1/s1. The highest BCUT2D eigenvalue weighted by Crippen LogP contribution is 2.44. The molecule has 5 atom stereocenters. The molecule has 2 aromatic rings. The Morgan fingerprint density at radius 1 is 0.893 bits per heavy atom. The van der Waals surface area contributed by atoms with E-state index in [4.69, 9.17) is 23.7 Å². The van der Waals surface area contributed by atoms with Gasteiger partial charge in [0, 0.05) is 17.5 Å². The van der Waals surface area contributed by atoms with Crippen LogP contribution >= 0.6 is 0 Å². The van der Waals surface area contributed by atoms with E-state index in [-0.39, 0.29) is 24.4 Å². The van der Waals surface area contributed by atoms with Crippen molar-refractivity contribution in [1.82, 2.24) is 4.98 Å². The Balaban J connectivity index is 1.50. The maximum atomic E-state index is 6.37. The van der Waals surface area contributed by atoms with Crippen LogP contribution in [0.5, 0.6) is 0 Å². The van der Waals surface area contributed by atoms with Gasteiger partial charge in [-0.15, -0.1) is 0 Å². The molecule has 1 aromatic heterocycles. The highest BCUT2D eigenvalue weighted by molar-refractivity contribution is 5.82. The third-order valence-corrected chi connectivity index (χ3v) is 5.60. The summed E-state index contributed by atoms with van der Waals surface area (Å²) in [7, 11) is 0. The summed E-state index contributed by atoms with van der Waals surface area (Å²) in [4.78, 5) is 4.65. The van der Waals surface area contributed by atoms with Crippen LogP contribution in [-0.2, 0) is 30.1 Å². The van der Waals surface area contributed by atoms with Gasteiger partial charge in [-0.2, -0.15) is 0 Å². The van der Waals surface area contributed by atoms with Crippen molar-refractivity contribution < 1.29 is 23.7 Å². The lowest BCUT2D eigenvalue weighted by Gasteiger charge is -2.37. The quantitative estimate of drug-likeness (QED) is 0.789. The summed E-state index contributed by atoms with van der Waals surface area (Å²) < 4.78 is 31.0. The van der Waals surface area contributed by atoms with Gasteiger partial charge in [-0.05, 0) is 52.3 Å². The zero-order valence-corrected chi connectivity index (χ0v) is 17.0. The number of benzene rings is 1. The van der Waals surface area contributed by atoms with E-state index in [1.807, 2.05) is 52.8 Å². The minimum Gasteiger partial charge on any atom is -0.343 e. The van der Waals surface area contributed by atoms with Gasteiger partial charge in [-0.25, -0.2) is 0 Å². The van der Waals surface area contributed by atoms with Crippen LogP contribution in [0.1, 0.15) is 39.0 Å². The summed E-state index contributed by atoms with van der Waals surface area (Å²) >= 11 is 0. The van der Waals surface area contributed by atoms with Crippen LogP contribution in [0.25, 0.3) is 10.9 Å². The van der Waals surface area contributed by atoms with E-state index in [9.17, 15) is 0 Å². The zero-order valence-electron chi connectivity index (χ0n) is 17.0. The predicted octanol–water partition coefficient (Wildman–Crippen LogP) is 3.48. The van der Waals surface area contributed by atoms with E-state index in [0.717, 1.165) is 16.6 Å². The SMILES string of the molecule is Cc1cc(C[C@H]2O[C@H]3OC(C)(C)O[C@@H]3[C@H]3OC(C)(C)O[C@@H]32)c2ccccc2n1. The van der Waals surface area contributed by atoms with Gasteiger partial charge < -0.3 is 23.7 Å². The third-order valence-electron chi connectivity index (χ3n) is 5.60. The summed E-state index contributed by atoms with van der Waals surface area (Å²) in [5, 5.41) is 1.14. The lowest BCUT2D eigenvalue weighted by Crippen LogP contribution is -2.55. The number of hydrogen-bond acceptors (Lipinski definition) is 6. The van der Waals surface area contributed by atoms with Crippen molar-refractivity contribution in [3.05, 3.63) is 41.6 Å². The molecule has 0 amide bonds. The minimum absolute atomic E-state index is 0.198. The maximum Gasteiger partial charge on any atom is 0.190 e. The van der Waals surface area contributed by atoms with E-state index in [2.05, 4.69) is 17.1 Å². The number of aryl methyl sites for hydroxylation is 1. The van der Waals surface area contributed by atoms with Crippen molar-refractivity contribution in [2.75, 3.05) is 0 Å². The first-order valence-corrected chi connectivity index (χ1v) is 9.93. The Hall–Kier alpha value is -1.57. The monoisotopic (exact) mass is 385 g/mol. The van der Waals surface area contributed by atoms with Crippen molar-refractivity contribution in [2.45, 2.75) is 83.3 Å². The summed E-state index contributed by atoms with van der Waals surface area (Å²) in [5.41, 5.74) is 3.18. The molecule has 6 nitrogen and oxygen atoms in total. The van der Waals surface area contributed by atoms with Crippen LogP contribution in [-0.4, -0.2) is 47.3 Å². The molecule has 3 aliphatic rings. The van der Waals surface area contributed by atoms with Gasteiger partial charge >= 0.3 is 0 Å². The van der Waals surface area contributed by atoms with Crippen molar-refractivity contribution in [2.24, 2.45) is 0 Å². The Labute approximate surface area is 165 Å². The number of para-hydroxylation sites is 1. The molecule has 3 aliphatic heterocycles. The van der Waals surface area contributed by atoms with Gasteiger partial charge in [0.15, 0.2) is 17.9 Å². The average Bonchev–Trinajstić information content (AvgIpc) is 3.09. The minimum atomic E-state index is -0.704. The van der Waals surface area contributed by atoms with E-state index >= 15 is 0 Å². The van der Waals surface area contributed by atoms with E-state index in [0.29, 0.717) is 6.42 Å². The summed E-state index contributed by atoms with van der Waals surface area (Å²) in [6.07, 6.45) is -0.717. The highest BCUT2D eigenvalue weighted by atomic mass is 16.9. The van der Waals surface area contributed by atoms with Crippen LogP contribution < -0.4 is 0 Å². The molecule has 5 rings (SSSR count). The van der Waals surface area contributed by atoms with Gasteiger partial charge in [-0.3, -0.25) is 4.98 Å². The molecule has 3 saturated heterocycles. The summed E-state index contributed by atoms with van der Waals surface area (Å²) in [6.45, 7) is 9.69. The second kappa shape index (κ2) is 6.21. The fourth-order valence-corrected chi connectivity index (χ4v) is 4.64. The fraction of sp³-hybridized carbons (Fsp3) is 0.591. The fourth-order valence-electron chi connectivity index (χ4n) is 4.64. The molecular formula is C22H27NO5. The Kier molecular flexibility index (Phi) is 4.09. The molecule has 4 heterocycles. The van der Waals surface area contributed by atoms with Crippen molar-refractivity contribution >= 4 is 10.9 Å². The largest absolute Gasteiger partial charge is 0.343 e. The molecule has 150 valence electrons. The lowest BCUT2D eigenvalue weighted by molar-refractivity contribution is -0.233. The van der Waals surface area contributed by atoms with Gasteiger partial charge in [0.2, 0.25) is 0 Å². The number of rotatable bonds is 2. The second-order valence-electron chi connectivity index (χ2n) is 8.85. The summed E-state index contributed by atoms with van der Waals surface area (Å²) in [5.74, 6) is -1.39. The third kappa shape index (κ3) is 3.13. The Bertz CT molecular complexity index is 911. The van der Waals surface area contributed by atoms with Gasteiger partial charge in [-0.1, -0.05) is 18.2 Å². The number of fused-ring (bicyclic) bond motifs is 4. The van der Waals surface area contributed by atoms with Crippen molar-refractivity contribution in [3.63, 3.8) is 0 Å². The van der Waals surface area contributed by atoms with Crippen LogP contribution in [0, 0.1) is 6.92 Å². The number of ether oxygens (including phenoxy) is 5. The molecule has 28 heavy (non-hydrogen) atoms.